The zero-order valence-corrected chi connectivity index (χ0v) is 12.2. The molecule has 0 aromatic carbocycles. The maximum Gasteiger partial charge on any atom is 0.0662 e. The van der Waals surface area contributed by atoms with Crippen LogP contribution in [0, 0.1) is 0 Å². The van der Waals surface area contributed by atoms with Gasteiger partial charge in [-0.15, -0.1) is 0 Å². The maximum atomic E-state index is 9.59. The summed E-state index contributed by atoms with van der Waals surface area (Å²) in [6.07, 6.45) is 11.1. The molecule has 0 aliphatic heterocycles. The van der Waals surface area contributed by atoms with Crippen LogP contribution in [0.1, 0.15) is 78.6 Å². The second-order valence-corrected chi connectivity index (χ2v) is 5.16. The van der Waals surface area contributed by atoms with Crippen LogP contribution in [0.15, 0.2) is 0 Å². The van der Waals surface area contributed by atoms with E-state index in [0.29, 0.717) is 6.04 Å². The largest absolute Gasteiger partial charge is 0.392 e. The molecule has 1 unspecified atom stereocenters. The molecular weight excluding hydrogens is 210 g/mol. The van der Waals surface area contributed by atoms with Crippen LogP contribution in [-0.4, -0.2) is 23.8 Å². The lowest BCUT2D eigenvalue weighted by atomic mass is 10.0. The fraction of sp³-hybridized carbons (Fsp3) is 1.00. The Morgan fingerprint density at radius 3 is 1.82 bits per heavy atom. The highest BCUT2D eigenvalue weighted by molar-refractivity contribution is 4.69. The molecule has 0 heterocycles. The second-order valence-electron chi connectivity index (χ2n) is 5.16. The van der Waals surface area contributed by atoms with Gasteiger partial charge in [0, 0.05) is 12.6 Å². The third-order valence-corrected chi connectivity index (χ3v) is 3.43. The van der Waals surface area contributed by atoms with Crippen LogP contribution in [0.25, 0.3) is 0 Å². The van der Waals surface area contributed by atoms with Crippen LogP contribution in [0.3, 0.4) is 0 Å². The quantitative estimate of drug-likeness (QED) is 0.510. The first kappa shape index (κ1) is 16.9. The van der Waals surface area contributed by atoms with Crippen molar-refractivity contribution in [1.82, 2.24) is 5.32 Å². The second kappa shape index (κ2) is 12.4. The summed E-state index contributed by atoms with van der Waals surface area (Å²) >= 11 is 0. The average Bonchev–Trinajstić information content (AvgIpc) is 2.35. The van der Waals surface area contributed by atoms with Gasteiger partial charge in [0.1, 0.15) is 0 Å². The van der Waals surface area contributed by atoms with Crippen molar-refractivity contribution in [2.45, 2.75) is 90.7 Å². The first-order valence-electron chi connectivity index (χ1n) is 7.65. The molecule has 0 saturated heterocycles. The lowest BCUT2D eigenvalue weighted by molar-refractivity contribution is 0.160. The smallest absolute Gasteiger partial charge is 0.0662 e. The molecule has 0 aromatic heterocycles. The van der Waals surface area contributed by atoms with Gasteiger partial charge < -0.3 is 10.4 Å². The third-order valence-electron chi connectivity index (χ3n) is 3.43. The van der Waals surface area contributed by atoms with Gasteiger partial charge in [-0.05, 0) is 19.3 Å². The zero-order chi connectivity index (χ0) is 12.9. The van der Waals surface area contributed by atoms with Gasteiger partial charge in [-0.3, -0.25) is 0 Å². The van der Waals surface area contributed by atoms with Gasteiger partial charge >= 0.3 is 0 Å². The van der Waals surface area contributed by atoms with Gasteiger partial charge in [0.2, 0.25) is 0 Å². The maximum absolute atomic E-state index is 9.59. The van der Waals surface area contributed by atoms with Crippen LogP contribution >= 0.6 is 0 Å². The number of unbranched alkanes of at least 4 members (excludes halogenated alkanes) is 4. The van der Waals surface area contributed by atoms with Crippen molar-refractivity contribution in [2.75, 3.05) is 6.54 Å². The van der Waals surface area contributed by atoms with Gasteiger partial charge in [-0.25, -0.2) is 0 Å². The molecule has 0 rings (SSSR count). The minimum Gasteiger partial charge on any atom is -0.392 e. The molecule has 2 heteroatoms. The summed E-state index contributed by atoms with van der Waals surface area (Å²) in [5.74, 6) is 0. The summed E-state index contributed by atoms with van der Waals surface area (Å²) in [6.45, 7) is 7.30. The Bertz CT molecular complexity index is 140. The van der Waals surface area contributed by atoms with Gasteiger partial charge in [-0.2, -0.15) is 0 Å². The topological polar surface area (TPSA) is 32.3 Å². The van der Waals surface area contributed by atoms with Crippen molar-refractivity contribution in [3.63, 3.8) is 0 Å². The Morgan fingerprint density at radius 2 is 1.41 bits per heavy atom. The normalized spacial score (nSPS) is 13.2. The molecule has 0 amide bonds. The van der Waals surface area contributed by atoms with E-state index >= 15 is 0 Å². The minimum absolute atomic E-state index is 0.171. The summed E-state index contributed by atoms with van der Waals surface area (Å²) < 4.78 is 0. The first-order valence-corrected chi connectivity index (χ1v) is 7.65. The van der Waals surface area contributed by atoms with E-state index in [-0.39, 0.29) is 6.10 Å². The summed E-state index contributed by atoms with van der Waals surface area (Å²) in [4.78, 5) is 0. The molecule has 0 radical (unpaired) electrons. The lowest BCUT2D eigenvalue weighted by Crippen LogP contribution is -2.35. The van der Waals surface area contributed by atoms with Crippen LogP contribution in [-0.2, 0) is 0 Å². The lowest BCUT2D eigenvalue weighted by Gasteiger charge is -2.20. The van der Waals surface area contributed by atoms with Crippen molar-refractivity contribution in [1.29, 1.82) is 0 Å². The van der Waals surface area contributed by atoms with Gasteiger partial charge in [0.25, 0.3) is 0 Å². The predicted octanol–water partition coefficient (Wildman–Crippen LogP) is 3.88. The Hall–Kier alpha value is -0.0800. The van der Waals surface area contributed by atoms with E-state index in [1.807, 2.05) is 6.92 Å². The van der Waals surface area contributed by atoms with E-state index in [0.717, 1.165) is 13.0 Å². The average molecular weight is 243 g/mol. The molecule has 0 aliphatic rings. The minimum atomic E-state index is -0.171. The highest BCUT2D eigenvalue weighted by Gasteiger charge is 2.09. The number of aliphatic hydroxyl groups is 1. The zero-order valence-electron chi connectivity index (χ0n) is 12.2. The van der Waals surface area contributed by atoms with Crippen LogP contribution in [0.2, 0.25) is 0 Å². The molecule has 2 nitrogen and oxygen atoms in total. The molecule has 0 saturated carbocycles. The van der Waals surface area contributed by atoms with Crippen molar-refractivity contribution >= 4 is 0 Å². The van der Waals surface area contributed by atoms with Gasteiger partial charge in [0.05, 0.1) is 6.10 Å². The van der Waals surface area contributed by atoms with Crippen molar-refractivity contribution in [2.24, 2.45) is 0 Å². The summed E-state index contributed by atoms with van der Waals surface area (Å²) in [6, 6.07) is 0.620. The monoisotopic (exact) mass is 243 g/mol. The highest BCUT2D eigenvalue weighted by Crippen LogP contribution is 2.11. The highest BCUT2D eigenvalue weighted by atomic mass is 16.3. The molecule has 0 aromatic rings. The standard InChI is InChI=1S/C15H33NO/c1-4-7-9-11-14(12-10-8-5-2)16-13-15(17)6-3/h14-17H,4-13H2,1-3H3. The molecule has 0 aliphatic carbocycles. The summed E-state index contributed by atoms with van der Waals surface area (Å²) in [7, 11) is 0. The molecular formula is C15H33NO. The van der Waals surface area contributed by atoms with Gasteiger partial charge in [0.15, 0.2) is 0 Å². The van der Waals surface area contributed by atoms with Gasteiger partial charge in [-0.1, -0.05) is 59.3 Å². The number of hydrogen-bond donors (Lipinski definition) is 2. The van der Waals surface area contributed by atoms with Crippen LogP contribution in [0.4, 0.5) is 0 Å². The first-order chi connectivity index (χ1) is 8.24. The Morgan fingerprint density at radius 1 is 0.882 bits per heavy atom. The Balaban J connectivity index is 3.75. The molecule has 0 spiro atoms. The predicted molar refractivity (Wildman–Crippen MR) is 76.4 cm³/mol. The molecule has 1 atom stereocenters. The van der Waals surface area contributed by atoms with E-state index in [4.69, 9.17) is 0 Å². The van der Waals surface area contributed by atoms with E-state index in [1.165, 1.54) is 51.4 Å². The number of hydrogen-bond acceptors (Lipinski definition) is 2. The Kier molecular flexibility index (Phi) is 12.3. The van der Waals surface area contributed by atoms with Crippen LogP contribution < -0.4 is 5.32 Å². The molecule has 2 N–H and O–H groups in total. The van der Waals surface area contributed by atoms with E-state index in [1.54, 1.807) is 0 Å². The molecule has 104 valence electrons. The summed E-state index contributed by atoms with van der Waals surface area (Å²) in [5, 5.41) is 13.1. The fourth-order valence-electron chi connectivity index (χ4n) is 2.08. The van der Waals surface area contributed by atoms with Crippen molar-refractivity contribution in [3.05, 3.63) is 0 Å². The number of nitrogens with one attached hydrogen (secondary N) is 1. The van der Waals surface area contributed by atoms with E-state index in [2.05, 4.69) is 19.2 Å². The SMILES string of the molecule is CCCCCC(CCCCC)NCC(O)CC. The Labute approximate surface area is 108 Å². The van der Waals surface area contributed by atoms with E-state index < -0.39 is 0 Å². The van der Waals surface area contributed by atoms with Crippen LogP contribution in [0.5, 0.6) is 0 Å². The molecule has 17 heavy (non-hydrogen) atoms. The van der Waals surface area contributed by atoms with E-state index in [9.17, 15) is 5.11 Å². The van der Waals surface area contributed by atoms with Crippen molar-refractivity contribution in [3.8, 4) is 0 Å². The summed E-state index contributed by atoms with van der Waals surface area (Å²) in [5.41, 5.74) is 0. The third kappa shape index (κ3) is 10.8. The fourth-order valence-corrected chi connectivity index (χ4v) is 2.08. The number of aliphatic hydroxyl groups excluding tert-OH is 1. The molecule has 0 fully saturated rings. The van der Waals surface area contributed by atoms with Crippen molar-refractivity contribution < 1.29 is 5.11 Å². The molecule has 0 bridgehead atoms. The number of rotatable bonds is 12.